The van der Waals surface area contributed by atoms with Gasteiger partial charge in [-0.15, -0.1) is 0 Å². The van der Waals surface area contributed by atoms with E-state index in [4.69, 9.17) is 9.26 Å². The van der Waals surface area contributed by atoms with Crippen molar-refractivity contribution < 1.29 is 27.2 Å². The Hall–Kier alpha value is -4.60. The van der Waals surface area contributed by atoms with Gasteiger partial charge in [0.15, 0.2) is 0 Å². The number of allylic oxidation sites excluding steroid dienone is 1. The van der Waals surface area contributed by atoms with Gasteiger partial charge in [-0.3, -0.25) is 4.90 Å². The number of methoxy groups -OCH3 is 1. The number of carbonyl (C=O) groups is 1. The molecule has 36 heavy (non-hydrogen) atoms. The Bertz CT molecular complexity index is 1460. The maximum atomic E-state index is 14.0. The summed E-state index contributed by atoms with van der Waals surface area (Å²) in [6.45, 7) is 1.61. The minimum atomic E-state index is -0.837. The molecule has 1 aliphatic heterocycles. The van der Waals surface area contributed by atoms with E-state index in [1.54, 1.807) is 37.3 Å². The van der Waals surface area contributed by atoms with Gasteiger partial charge in [-0.25, -0.2) is 18.0 Å². The molecule has 7 nitrogen and oxygen atoms in total. The summed E-state index contributed by atoms with van der Waals surface area (Å²) in [6, 6.07) is 14.2. The normalized spacial score (nSPS) is 15.8. The molecule has 0 spiro atoms. The maximum absolute atomic E-state index is 14.0. The second kappa shape index (κ2) is 9.21. The zero-order valence-electron chi connectivity index (χ0n) is 19.1. The van der Waals surface area contributed by atoms with Crippen LogP contribution in [0.5, 0.6) is 5.75 Å². The van der Waals surface area contributed by atoms with Crippen LogP contribution in [0.25, 0.3) is 17.0 Å². The molecule has 182 valence electrons. The number of hydrogen-bond acceptors (Lipinski definition) is 5. The fourth-order valence-corrected chi connectivity index (χ4v) is 4.12. The predicted molar refractivity (Wildman–Crippen MR) is 125 cm³/mol. The Labute approximate surface area is 203 Å². The highest BCUT2D eigenvalue weighted by molar-refractivity contribution is 6.01. The van der Waals surface area contributed by atoms with Crippen molar-refractivity contribution in [3.63, 3.8) is 0 Å². The fourth-order valence-electron chi connectivity index (χ4n) is 4.12. The third kappa shape index (κ3) is 4.28. The van der Waals surface area contributed by atoms with Gasteiger partial charge in [-0.2, -0.15) is 4.98 Å². The van der Waals surface area contributed by atoms with Crippen LogP contribution in [0.1, 0.15) is 24.4 Å². The largest absolute Gasteiger partial charge is 0.497 e. The van der Waals surface area contributed by atoms with E-state index in [1.165, 1.54) is 25.3 Å². The first-order valence-electron chi connectivity index (χ1n) is 10.9. The van der Waals surface area contributed by atoms with E-state index in [0.29, 0.717) is 28.1 Å². The van der Waals surface area contributed by atoms with E-state index in [1.807, 2.05) is 0 Å². The second-order valence-electron chi connectivity index (χ2n) is 8.05. The number of nitrogens with zero attached hydrogens (tertiary/aromatic N) is 3. The van der Waals surface area contributed by atoms with Crippen LogP contribution >= 0.6 is 0 Å². The van der Waals surface area contributed by atoms with Crippen molar-refractivity contribution in [2.24, 2.45) is 0 Å². The summed E-state index contributed by atoms with van der Waals surface area (Å²) in [4.78, 5) is 18.8. The van der Waals surface area contributed by atoms with Gasteiger partial charge in [0.2, 0.25) is 5.82 Å². The smallest absolute Gasteiger partial charge is 0.327 e. The van der Waals surface area contributed by atoms with Gasteiger partial charge in [0, 0.05) is 17.3 Å². The molecule has 0 aliphatic carbocycles. The summed E-state index contributed by atoms with van der Waals surface area (Å²) >= 11 is 0. The molecule has 5 rings (SSSR count). The molecule has 0 bridgehead atoms. The standard InChI is InChI=1S/C26H19F3N4O3/c1-14-22(25-31-24(32-36-25)16-4-3-5-17(27)10-16)23(15-6-8-21(35-2)9-7-15)30-26(34)33(14)20-12-18(28)11-19(29)13-20/h3-13,23H,1-2H3,(H,30,34). The summed E-state index contributed by atoms with van der Waals surface area (Å²) in [6.07, 6.45) is 0. The van der Waals surface area contributed by atoms with Gasteiger partial charge in [0.05, 0.1) is 24.4 Å². The molecule has 1 aromatic heterocycles. The Morgan fingerprint density at radius 1 is 0.972 bits per heavy atom. The number of nitrogens with one attached hydrogen (secondary N) is 1. The van der Waals surface area contributed by atoms with Crippen LogP contribution in [0.3, 0.4) is 0 Å². The Balaban J connectivity index is 1.66. The number of hydrogen-bond donors (Lipinski definition) is 1. The molecule has 4 aromatic rings. The molecule has 1 aliphatic rings. The Morgan fingerprint density at radius 2 is 1.69 bits per heavy atom. The fraction of sp³-hybridized carbons (Fsp3) is 0.115. The zero-order valence-corrected chi connectivity index (χ0v) is 19.1. The Morgan fingerprint density at radius 3 is 2.36 bits per heavy atom. The van der Waals surface area contributed by atoms with Crippen LogP contribution in [0.4, 0.5) is 23.7 Å². The van der Waals surface area contributed by atoms with Gasteiger partial charge >= 0.3 is 6.03 Å². The van der Waals surface area contributed by atoms with Crippen molar-refractivity contribution in [1.29, 1.82) is 0 Å². The van der Waals surface area contributed by atoms with Crippen LogP contribution in [-0.2, 0) is 0 Å². The number of benzene rings is 3. The summed E-state index contributed by atoms with van der Waals surface area (Å²) in [5.41, 5.74) is 1.78. The van der Waals surface area contributed by atoms with Crippen molar-refractivity contribution in [1.82, 2.24) is 15.5 Å². The molecule has 0 radical (unpaired) electrons. The predicted octanol–water partition coefficient (Wildman–Crippen LogP) is 5.86. The van der Waals surface area contributed by atoms with E-state index in [0.717, 1.165) is 23.1 Å². The van der Waals surface area contributed by atoms with Crippen molar-refractivity contribution in [3.05, 3.63) is 101 Å². The van der Waals surface area contributed by atoms with E-state index in [9.17, 15) is 18.0 Å². The number of amides is 2. The van der Waals surface area contributed by atoms with E-state index in [-0.39, 0.29) is 17.4 Å². The number of aromatic nitrogens is 2. The molecule has 3 aromatic carbocycles. The lowest BCUT2D eigenvalue weighted by atomic mass is 9.94. The van der Waals surface area contributed by atoms with Crippen LogP contribution in [0, 0.1) is 17.5 Å². The van der Waals surface area contributed by atoms with Crippen molar-refractivity contribution in [2.45, 2.75) is 13.0 Å². The molecule has 0 saturated heterocycles. The molecule has 2 amide bonds. The van der Waals surface area contributed by atoms with Gasteiger partial charge in [-0.05, 0) is 48.9 Å². The summed E-state index contributed by atoms with van der Waals surface area (Å²) in [5.74, 6) is -1.33. The number of carbonyl (C=O) groups excluding carboxylic acids is 1. The molecule has 1 atom stereocenters. The SMILES string of the molecule is COc1ccc(C2NC(=O)N(c3cc(F)cc(F)c3)C(C)=C2c2nc(-c3cccc(F)c3)no2)cc1. The average Bonchev–Trinajstić information content (AvgIpc) is 3.33. The third-order valence-electron chi connectivity index (χ3n) is 5.78. The molecule has 10 heteroatoms. The van der Waals surface area contributed by atoms with Crippen molar-refractivity contribution in [3.8, 4) is 17.1 Å². The highest BCUT2D eigenvalue weighted by atomic mass is 19.1. The van der Waals surface area contributed by atoms with E-state index in [2.05, 4.69) is 15.5 Å². The molecule has 1 N–H and O–H groups in total. The zero-order chi connectivity index (χ0) is 25.4. The number of halogens is 3. The number of urea groups is 1. The molecule has 1 unspecified atom stereocenters. The lowest BCUT2D eigenvalue weighted by Gasteiger charge is -2.35. The van der Waals surface area contributed by atoms with Crippen LogP contribution < -0.4 is 15.0 Å². The van der Waals surface area contributed by atoms with Crippen LogP contribution in [0.2, 0.25) is 0 Å². The number of ether oxygens (including phenoxy) is 1. The third-order valence-corrected chi connectivity index (χ3v) is 5.78. The van der Waals surface area contributed by atoms with Gasteiger partial charge in [0.25, 0.3) is 5.89 Å². The summed E-state index contributed by atoms with van der Waals surface area (Å²) < 4.78 is 52.5. The van der Waals surface area contributed by atoms with E-state index >= 15 is 0 Å². The minimum absolute atomic E-state index is 0.0157. The lowest BCUT2D eigenvalue weighted by Crippen LogP contribution is -2.46. The molecule has 0 fully saturated rings. The quantitative estimate of drug-likeness (QED) is 0.377. The number of anilines is 1. The van der Waals surface area contributed by atoms with Gasteiger partial charge in [0.1, 0.15) is 23.2 Å². The van der Waals surface area contributed by atoms with Crippen LogP contribution in [-0.4, -0.2) is 23.3 Å². The molecular formula is C26H19F3N4O3. The Kier molecular flexibility index (Phi) is 5.93. The second-order valence-corrected chi connectivity index (χ2v) is 8.05. The summed E-state index contributed by atoms with van der Waals surface area (Å²) in [7, 11) is 1.54. The average molecular weight is 492 g/mol. The van der Waals surface area contributed by atoms with Gasteiger partial charge in [-0.1, -0.05) is 29.4 Å². The number of rotatable bonds is 5. The maximum Gasteiger partial charge on any atom is 0.327 e. The van der Waals surface area contributed by atoms with E-state index < -0.39 is 29.5 Å². The molecular weight excluding hydrogens is 473 g/mol. The lowest BCUT2D eigenvalue weighted by molar-refractivity contribution is 0.244. The first kappa shape index (κ1) is 23.2. The first-order valence-corrected chi connectivity index (χ1v) is 10.9. The monoisotopic (exact) mass is 492 g/mol. The first-order chi connectivity index (χ1) is 17.3. The summed E-state index contributed by atoms with van der Waals surface area (Å²) in [5, 5.41) is 6.83. The minimum Gasteiger partial charge on any atom is -0.497 e. The topological polar surface area (TPSA) is 80.5 Å². The van der Waals surface area contributed by atoms with Crippen molar-refractivity contribution in [2.75, 3.05) is 12.0 Å². The highest BCUT2D eigenvalue weighted by Crippen LogP contribution is 2.39. The highest BCUT2D eigenvalue weighted by Gasteiger charge is 2.37. The van der Waals surface area contributed by atoms with Crippen molar-refractivity contribution >= 4 is 17.3 Å². The van der Waals surface area contributed by atoms with Crippen LogP contribution in [0.15, 0.2) is 77.0 Å². The molecule has 0 saturated carbocycles. The molecule has 2 heterocycles. The van der Waals surface area contributed by atoms with Gasteiger partial charge < -0.3 is 14.6 Å².